The molecule has 2 fully saturated rings. The molecule has 3 atom stereocenters. The largest absolute Gasteiger partial charge is 0.341 e. The lowest BCUT2D eigenvalue weighted by molar-refractivity contribution is -0.131. The molecule has 0 radical (unpaired) electrons. The van der Waals surface area contributed by atoms with Gasteiger partial charge in [-0.3, -0.25) is 4.79 Å². The predicted molar refractivity (Wildman–Crippen MR) is 93.3 cm³/mol. The van der Waals surface area contributed by atoms with E-state index >= 15 is 0 Å². The molecule has 0 saturated carbocycles. The first-order valence-corrected chi connectivity index (χ1v) is 8.86. The topological polar surface area (TPSA) is 88.0 Å². The van der Waals surface area contributed by atoms with Crippen LogP contribution < -0.4 is 10.6 Å². The molecule has 2 aromatic rings. The Labute approximate surface area is 146 Å². The fraction of sp³-hybridized carbons (Fsp3) is 0.529. The highest BCUT2D eigenvalue weighted by Gasteiger charge is 2.39. The summed E-state index contributed by atoms with van der Waals surface area (Å²) in [6.07, 6.45) is 0.685. The van der Waals surface area contributed by atoms with E-state index in [9.17, 15) is 4.79 Å². The van der Waals surface area contributed by atoms with E-state index < -0.39 is 0 Å². The van der Waals surface area contributed by atoms with Crippen molar-refractivity contribution < 1.29 is 4.79 Å². The van der Waals surface area contributed by atoms with Crippen molar-refractivity contribution in [2.75, 3.05) is 31.5 Å². The van der Waals surface area contributed by atoms with Crippen LogP contribution in [-0.4, -0.2) is 63.2 Å². The van der Waals surface area contributed by atoms with E-state index in [1.165, 1.54) is 0 Å². The maximum atomic E-state index is 12.9. The number of nitrogens with one attached hydrogen (secondary N) is 2. The lowest BCUT2D eigenvalue weighted by atomic mass is 10.0. The fourth-order valence-electron chi connectivity index (χ4n) is 3.77. The second kappa shape index (κ2) is 6.79. The van der Waals surface area contributed by atoms with Gasteiger partial charge in [-0.15, -0.1) is 0 Å². The molecule has 4 rings (SSSR count). The van der Waals surface area contributed by atoms with E-state index in [0.717, 1.165) is 31.9 Å². The predicted octanol–water partition coefficient (Wildman–Crippen LogP) is 0.531. The van der Waals surface area contributed by atoms with Crippen molar-refractivity contribution in [3.63, 3.8) is 0 Å². The Kier molecular flexibility index (Phi) is 4.35. The molecule has 2 aliphatic heterocycles. The first kappa shape index (κ1) is 16.0. The van der Waals surface area contributed by atoms with Gasteiger partial charge in [-0.25, -0.2) is 0 Å². The quantitative estimate of drug-likeness (QED) is 0.825. The van der Waals surface area contributed by atoms with Crippen molar-refractivity contribution in [3.8, 4) is 5.69 Å². The third-order valence-corrected chi connectivity index (χ3v) is 5.18. The van der Waals surface area contributed by atoms with Crippen LogP contribution in [0.15, 0.2) is 30.3 Å². The molecule has 2 N–H and O–H groups in total. The minimum absolute atomic E-state index is 0.138. The molecule has 1 amide bonds. The number of anilines is 1. The number of amides is 1. The summed E-state index contributed by atoms with van der Waals surface area (Å²) in [5.41, 5.74) is 0.860. The number of rotatable bonds is 5. The highest BCUT2D eigenvalue weighted by Crippen LogP contribution is 2.27. The van der Waals surface area contributed by atoms with Crippen LogP contribution in [0.2, 0.25) is 0 Å². The number of likely N-dealkylation sites (tertiary alicyclic amines) is 1. The van der Waals surface area contributed by atoms with E-state index in [-0.39, 0.29) is 11.9 Å². The molecular weight excluding hydrogens is 318 g/mol. The monoisotopic (exact) mass is 341 g/mol. The zero-order valence-electron chi connectivity index (χ0n) is 14.3. The lowest BCUT2D eigenvalue weighted by Gasteiger charge is -2.24. The second-order valence-corrected chi connectivity index (χ2v) is 6.78. The Morgan fingerprint density at radius 1 is 1.28 bits per heavy atom. The molecule has 8 nitrogen and oxygen atoms in total. The summed E-state index contributed by atoms with van der Waals surface area (Å²) in [4.78, 5) is 14.9. The van der Waals surface area contributed by atoms with Crippen LogP contribution >= 0.6 is 0 Å². The number of nitrogens with zero attached hydrogens (tertiary/aromatic N) is 5. The zero-order chi connectivity index (χ0) is 17.2. The Bertz CT molecular complexity index is 720. The summed E-state index contributed by atoms with van der Waals surface area (Å²) in [5, 5.41) is 18.5. The van der Waals surface area contributed by atoms with Crippen molar-refractivity contribution >= 4 is 11.9 Å². The normalized spacial score (nSPS) is 23.5. The lowest BCUT2D eigenvalue weighted by Crippen LogP contribution is -2.43. The molecule has 8 heteroatoms. The van der Waals surface area contributed by atoms with Crippen molar-refractivity contribution in [2.24, 2.45) is 11.8 Å². The fourth-order valence-corrected chi connectivity index (χ4v) is 3.77. The highest BCUT2D eigenvalue weighted by molar-refractivity contribution is 5.84. The van der Waals surface area contributed by atoms with Crippen molar-refractivity contribution in [2.45, 2.75) is 19.4 Å². The Morgan fingerprint density at radius 3 is 2.68 bits per heavy atom. The van der Waals surface area contributed by atoms with Gasteiger partial charge in [0.15, 0.2) is 0 Å². The molecule has 0 aliphatic carbocycles. The van der Waals surface area contributed by atoms with Crippen molar-refractivity contribution in [1.29, 1.82) is 0 Å². The summed E-state index contributed by atoms with van der Waals surface area (Å²) in [7, 11) is 0. The van der Waals surface area contributed by atoms with Gasteiger partial charge in [0.05, 0.1) is 5.69 Å². The minimum Gasteiger partial charge on any atom is -0.341 e. The van der Waals surface area contributed by atoms with Crippen LogP contribution in [0.25, 0.3) is 5.69 Å². The van der Waals surface area contributed by atoms with Crippen LogP contribution in [0.5, 0.6) is 0 Å². The average Bonchev–Trinajstić information content (AvgIpc) is 3.35. The van der Waals surface area contributed by atoms with Gasteiger partial charge in [0.2, 0.25) is 11.9 Å². The van der Waals surface area contributed by atoms with E-state index in [2.05, 4.69) is 26.2 Å². The smallest absolute Gasteiger partial charge is 0.248 e. The molecule has 0 spiro atoms. The number of fused-ring (bicyclic) bond motifs is 1. The number of aromatic nitrogens is 4. The molecule has 1 unspecified atom stereocenters. The number of hydrogen-bond acceptors (Lipinski definition) is 6. The molecular formula is C17H23N7O. The van der Waals surface area contributed by atoms with Crippen LogP contribution in [-0.2, 0) is 4.79 Å². The number of benzene rings is 1. The average molecular weight is 341 g/mol. The minimum atomic E-state index is -0.319. The SMILES string of the molecule is CCC(Nc1nnnn1-c1ccccc1)C(=O)N1C[C@H]2CNC[C@H]2C1. The van der Waals surface area contributed by atoms with Gasteiger partial charge in [0, 0.05) is 26.2 Å². The highest BCUT2D eigenvalue weighted by atomic mass is 16.2. The number of para-hydroxylation sites is 1. The van der Waals surface area contributed by atoms with E-state index in [0.29, 0.717) is 24.2 Å². The van der Waals surface area contributed by atoms with E-state index in [4.69, 9.17) is 0 Å². The van der Waals surface area contributed by atoms with Crippen molar-refractivity contribution in [3.05, 3.63) is 30.3 Å². The number of hydrogen-bond donors (Lipinski definition) is 2. The molecule has 2 saturated heterocycles. The van der Waals surface area contributed by atoms with Crippen LogP contribution in [0, 0.1) is 11.8 Å². The Balaban J connectivity index is 1.48. The molecule has 3 heterocycles. The van der Waals surface area contributed by atoms with E-state index in [1.54, 1.807) is 4.68 Å². The van der Waals surface area contributed by atoms with Gasteiger partial charge in [0.1, 0.15) is 6.04 Å². The summed E-state index contributed by atoms with van der Waals surface area (Å²) < 4.78 is 1.62. The van der Waals surface area contributed by atoms with E-state index in [1.807, 2.05) is 42.2 Å². The molecule has 25 heavy (non-hydrogen) atoms. The molecule has 1 aromatic heterocycles. The summed E-state index contributed by atoms with van der Waals surface area (Å²) in [6.45, 7) is 5.73. The van der Waals surface area contributed by atoms with Crippen molar-refractivity contribution in [1.82, 2.24) is 30.4 Å². The van der Waals surface area contributed by atoms with Gasteiger partial charge >= 0.3 is 0 Å². The summed E-state index contributed by atoms with van der Waals surface area (Å²) >= 11 is 0. The Hall–Kier alpha value is -2.48. The second-order valence-electron chi connectivity index (χ2n) is 6.78. The van der Waals surface area contributed by atoms with Crippen LogP contribution in [0.3, 0.4) is 0 Å². The third kappa shape index (κ3) is 3.09. The van der Waals surface area contributed by atoms with Crippen LogP contribution in [0.1, 0.15) is 13.3 Å². The first-order valence-electron chi connectivity index (χ1n) is 8.86. The molecule has 132 valence electrons. The van der Waals surface area contributed by atoms with Gasteiger partial charge in [-0.2, -0.15) is 4.68 Å². The van der Waals surface area contributed by atoms with Gasteiger partial charge in [-0.05, 0) is 40.8 Å². The number of carbonyl (C=O) groups is 1. The zero-order valence-corrected chi connectivity index (χ0v) is 14.3. The number of carbonyl (C=O) groups excluding carboxylic acids is 1. The van der Waals surface area contributed by atoms with Gasteiger partial charge < -0.3 is 15.5 Å². The number of tetrazole rings is 1. The molecule has 2 aliphatic rings. The van der Waals surface area contributed by atoms with Gasteiger partial charge in [-0.1, -0.05) is 30.2 Å². The first-order chi connectivity index (χ1) is 12.3. The maximum Gasteiger partial charge on any atom is 0.248 e. The van der Waals surface area contributed by atoms with Gasteiger partial charge in [0.25, 0.3) is 0 Å². The summed E-state index contributed by atoms with van der Waals surface area (Å²) in [5.74, 6) is 1.82. The third-order valence-electron chi connectivity index (χ3n) is 5.18. The maximum absolute atomic E-state index is 12.9. The molecule has 0 bridgehead atoms. The molecule has 1 aromatic carbocycles. The van der Waals surface area contributed by atoms with Crippen LogP contribution in [0.4, 0.5) is 5.95 Å². The summed E-state index contributed by atoms with van der Waals surface area (Å²) in [6, 6.07) is 9.34. The standard InChI is InChI=1S/C17H23N7O/c1-2-15(16(25)23-10-12-8-18-9-13(12)11-23)19-17-20-21-22-24(17)14-6-4-3-5-7-14/h3-7,12-13,15,18H,2,8-11H2,1H3,(H,19,20,22)/t12-,13+,15?. The Morgan fingerprint density at radius 2 is 2.00 bits per heavy atom.